The lowest BCUT2D eigenvalue weighted by Crippen LogP contribution is -2.55. The number of carbonyl (C=O) groups is 3. The summed E-state index contributed by atoms with van der Waals surface area (Å²) in [5.74, 6) is -1.07. The second-order valence-electron chi connectivity index (χ2n) is 12.4. The molecule has 0 spiro atoms. The number of carboxylic acids is 1. The highest BCUT2D eigenvalue weighted by atomic mass is 32.1. The van der Waals surface area contributed by atoms with Gasteiger partial charge in [0.15, 0.2) is 0 Å². The summed E-state index contributed by atoms with van der Waals surface area (Å²) in [6.07, 6.45) is 6.33. The Morgan fingerprint density at radius 2 is 1.91 bits per heavy atom. The van der Waals surface area contributed by atoms with E-state index < -0.39 is 35.6 Å². The topological polar surface area (TPSA) is 130 Å². The van der Waals surface area contributed by atoms with E-state index in [1.54, 1.807) is 12.0 Å². The molecule has 3 N–H and O–H groups in total. The Labute approximate surface area is 261 Å². The zero-order valence-corrected chi connectivity index (χ0v) is 26.0. The van der Waals surface area contributed by atoms with Gasteiger partial charge in [0.1, 0.15) is 29.5 Å². The molecule has 2 aromatic carbocycles. The number of aryl methyl sites for hydroxylation is 1. The fourth-order valence-electron chi connectivity index (χ4n) is 6.67. The summed E-state index contributed by atoms with van der Waals surface area (Å²) in [5.41, 5.74) is 1.45. The number of nitrogens with zero attached hydrogens (tertiary/aromatic N) is 2. The molecule has 3 aliphatic rings. The molecule has 2 amide bonds. The highest BCUT2D eigenvalue weighted by molar-refractivity contribution is 7.20. The molecule has 2 saturated heterocycles. The average Bonchev–Trinajstić information content (AvgIpc) is 3.32. The number of carboxylic acid groups (broad SMARTS) is 1. The normalized spacial score (nSPS) is 27.8. The third kappa shape index (κ3) is 6.33. The van der Waals surface area contributed by atoms with Gasteiger partial charge in [-0.1, -0.05) is 55.6 Å². The third-order valence-electron chi connectivity index (χ3n) is 9.23. The Bertz CT molecular complexity index is 1540. The number of hydrogen-bond donors (Lipinski definition) is 3. The maximum absolute atomic E-state index is 14.3. The molecule has 44 heavy (non-hydrogen) atoms. The number of benzene rings is 2. The van der Waals surface area contributed by atoms with Crippen LogP contribution in [0.25, 0.3) is 10.2 Å². The van der Waals surface area contributed by atoms with Gasteiger partial charge in [-0.25, -0.2) is 9.78 Å². The van der Waals surface area contributed by atoms with E-state index in [2.05, 4.69) is 21.7 Å². The van der Waals surface area contributed by atoms with Crippen LogP contribution in [0.5, 0.6) is 10.9 Å². The van der Waals surface area contributed by atoms with Crippen LogP contribution < -0.4 is 20.1 Å². The summed E-state index contributed by atoms with van der Waals surface area (Å²) < 4.78 is 12.7. The lowest BCUT2D eigenvalue weighted by Gasteiger charge is -2.30. The van der Waals surface area contributed by atoms with Gasteiger partial charge in [0.05, 0.1) is 23.9 Å². The van der Waals surface area contributed by atoms with E-state index in [1.807, 2.05) is 43.3 Å². The van der Waals surface area contributed by atoms with Gasteiger partial charge in [-0.2, -0.15) is 0 Å². The molecular weight excluding hydrogens is 580 g/mol. The highest BCUT2D eigenvalue weighted by Gasteiger charge is 2.62. The van der Waals surface area contributed by atoms with E-state index in [0.717, 1.165) is 60.0 Å². The van der Waals surface area contributed by atoms with Gasteiger partial charge in [-0.3, -0.25) is 9.59 Å². The maximum Gasteiger partial charge on any atom is 0.329 e. The number of amides is 2. The number of methoxy groups -OCH3 is 1. The van der Waals surface area contributed by atoms with Gasteiger partial charge >= 0.3 is 5.97 Å². The molecule has 1 saturated carbocycles. The number of nitrogens with one attached hydrogen (secondary N) is 2. The van der Waals surface area contributed by atoms with E-state index in [9.17, 15) is 19.5 Å². The quantitative estimate of drug-likeness (QED) is 0.345. The number of ether oxygens (including phenoxy) is 2. The fourth-order valence-corrected chi connectivity index (χ4v) is 7.65. The van der Waals surface area contributed by atoms with Gasteiger partial charge < -0.3 is 30.1 Å². The van der Waals surface area contributed by atoms with Crippen LogP contribution in [0, 0.1) is 12.8 Å². The summed E-state index contributed by atoms with van der Waals surface area (Å²) in [6.45, 7) is 2.22. The minimum absolute atomic E-state index is 0.0969. The van der Waals surface area contributed by atoms with Crippen LogP contribution in [0.4, 0.5) is 5.69 Å². The molecule has 0 radical (unpaired) electrons. The minimum Gasteiger partial charge on any atom is -0.497 e. The summed E-state index contributed by atoms with van der Waals surface area (Å²) in [6, 6.07) is 12.0. The lowest BCUT2D eigenvalue weighted by atomic mass is 10.0. The van der Waals surface area contributed by atoms with Crippen LogP contribution in [-0.2, 0) is 14.4 Å². The van der Waals surface area contributed by atoms with E-state index in [-0.39, 0.29) is 24.8 Å². The standard InChI is InChI=1S/C33H40N4O6S/c1-20-13-14-25-28(15-20)44-32(35-25)43-24-17-27-29(38)36-33(31(40)41)18-21(33)9-6-4-3-5-7-12-26(30(39)37(27)19-24)34-22-10-8-11-23(16-22)42-2/h8,10-11,13-16,21,24,26-27,34H,3-7,9,12,17-19H2,1-2H3,(H,36,38)(H,40,41)/t21-,24-,26+,27+,33-/m1/s1. The summed E-state index contributed by atoms with van der Waals surface area (Å²) in [4.78, 5) is 46.8. The van der Waals surface area contributed by atoms with Crippen molar-refractivity contribution in [3.8, 4) is 10.9 Å². The number of carbonyl (C=O) groups excluding carboxylic acids is 2. The molecule has 10 nitrogen and oxygen atoms in total. The molecule has 3 fully saturated rings. The molecule has 234 valence electrons. The van der Waals surface area contributed by atoms with Crippen LogP contribution in [0.1, 0.15) is 63.4 Å². The number of anilines is 1. The number of rotatable bonds is 6. The first kappa shape index (κ1) is 30.2. The van der Waals surface area contributed by atoms with Crippen LogP contribution in [-0.4, -0.2) is 70.2 Å². The predicted octanol–water partition coefficient (Wildman–Crippen LogP) is 5.15. The first-order valence-electron chi connectivity index (χ1n) is 15.6. The zero-order valence-electron chi connectivity index (χ0n) is 25.2. The number of hydrogen-bond acceptors (Lipinski definition) is 8. The molecule has 11 heteroatoms. The largest absolute Gasteiger partial charge is 0.497 e. The lowest BCUT2D eigenvalue weighted by molar-refractivity contribution is -0.145. The van der Waals surface area contributed by atoms with Crippen molar-refractivity contribution in [2.24, 2.45) is 5.92 Å². The van der Waals surface area contributed by atoms with Crippen molar-refractivity contribution >= 4 is 45.0 Å². The van der Waals surface area contributed by atoms with Crippen molar-refractivity contribution in [2.75, 3.05) is 19.0 Å². The average molecular weight is 621 g/mol. The van der Waals surface area contributed by atoms with Crippen LogP contribution >= 0.6 is 11.3 Å². The molecule has 6 rings (SSSR count). The predicted molar refractivity (Wildman–Crippen MR) is 168 cm³/mol. The van der Waals surface area contributed by atoms with E-state index in [4.69, 9.17) is 9.47 Å². The van der Waals surface area contributed by atoms with Crippen molar-refractivity contribution in [2.45, 2.75) is 88.4 Å². The van der Waals surface area contributed by atoms with Crippen LogP contribution in [0.15, 0.2) is 42.5 Å². The second-order valence-corrected chi connectivity index (χ2v) is 13.4. The maximum atomic E-state index is 14.3. The Morgan fingerprint density at radius 1 is 1.11 bits per heavy atom. The van der Waals surface area contributed by atoms with Crippen LogP contribution in [0.3, 0.4) is 0 Å². The van der Waals surface area contributed by atoms with E-state index in [1.165, 1.54) is 11.3 Å². The molecule has 3 aromatic rings. The number of fused-ring (bicyclic) bond motifs is 3. The highest BCUT2D eigenvalue weighted by Crippen LogP contribution is 2.47. The van der Waals surface area contributed by atoms with Crippen molar-refractivity contribution in [3.63, 3.8) is 0 Å². The third-order valence-corrected chi connectivity index (χ3v) is 10.1. The SMILES string of the molecule is COc1cccc(N[C@H]2CCCCCCC[C@@H]3C[C@@]3(C(=O)O)NC(=O)[C@@H]3C[C@@H](Oc4nc5ccc(C)cc5s4)CN3C2=O)c1. The summed E-state index contributed by atoms with van der Waals surface area (Å²) in [5, 5.41) is 16.9. The van der Waals surface area contributed by atoms with Crippen molar-refractivity contribution in [1.29, 1.82) is 0 Å². The van der Waals surface area contributed by atoms with Gasteiger partial charge in [0.2, 0.25) is 11.8 Å². The Kier molecular flexibility index (Phi) is 8.66. The molecular formula is C33H40N4O6S. The molecule has 1 aliphatic carbocycles. The van der Waals surface area contributed by atoms with Crippen molar-refractivity contribution < 1.29 is 29.0 Å². The first-order valence-corrected chi connectivity index (χ1v) is 16.4. The van der Waals surface area contributed by atoms with E-state index in [0.29, 0.717) is 23.8 Å². The fraction of sp³-hybridized carbons (Fsp3) is 0.515. The molecule has 1 aromatic heterocycles. The molecule has 2 aliphatic heterocycles. The molecule has 5 atom stereocenters. The monoisotopic (exact) mass is 620 g/mol. The molecule has 3 heterocycles. The Hall–Kier alpha value is -3.86. The Morgan fingerprint density at radius 3 is 2.70 bits per heavy atom. The van der Waals surface area contributed by atoms with Gasteiger partial charge in [0.25, 0.3) is 5.19 Å². The van der Waals surface area contributed by atoms with Crippen LogP contribution in [0.2, 0.25) is 0 Å². The Balaban J connectivity index is 1.28. The van der Waals surface area contributed by atoms with Gasteiger partial charge in [0, 0.05) is 18.2 Å². The molecule has 0 bridgehead atoms. The van der Waals surface area contributed by atoms with Crippen molar-refractivity contribution in [1.82, 2.24) is 15.2 Å². The van der Waals surface area contributed by atoms with Gasteiger partial charge in [-0.05, 0) is 61.9 Å². The van der Waals surface area contributed by atoms with Crippen molar-refractivity contribution in [3.05, 3.63) is 48.0 Å². The van der Waals surface area contributed by atoms with Gasteiger partial charge in [-0.15, -0.1) is 0 Å². The summed E-state index contributed by atoms with van der Waals surface area (Å²) in [7, 11) is 1.60. The second kappa shape index (κ2) is 12.6. The number of aromatic nitrogens is 1. The smallest absolute Gasteiger partial charge is 0.329 e. The first-order chi connectivity index (χ1) is 21.3. The number of thiazole rings is 1. The van der Waals surface area contributed by atoms with E-state index >= 15 is 0 Å². The zero-order chi connectivity index (χ0) is 30.8. The minimum atomic E-state index is -1.27. The number of aliphatic carboxylic acids is 1. The summed E-state index contributed by atoms with van der Waals surface area (Å²) >= 11 is 1.44. The molecule has 0 unspecified atom stereocenters.